The molecule has 174 valence electrons. The lowest BCUT2D eigenvalue weighted by molar-refractivity contribution is -0.137. The number of carbonyl (C=O) groups is 2. The van der Waals surface area contributed by atoms with E-state index in [9.17, 15) is 22.8 Å². The van der Waals surface area contributed by atoms with Crippen LogP contribution in [0.4, 0.5) is 24.8 Å². The fourth-order valence-corrected chi connectivity index (χ4v) is 4.42. The molecule has 8 nitrogen and oxygen atoms in total. The number of alkyl halides is 3. The number of nitrogens with one attached hydrogen (secondary N) is 2. The summed E-state index contributed by atoms with van der Waals surface area (Å²) in [7, 11) is 1.66. The number of Topliss-reactive ketones (excluding diaryl/α,β-unsaturated/α-hetero) is 1. The standard InChI is InChI=1S/C19H15BrClF3N6O2S/c1-8(3-11(31)15-14(20)16(25-2)29-7-28-15)18-27-6-12(33-18)17(32)30-13-4-9(19(22,23)24)10(21)5-26-13/h4-8H,3H2,1-2H3,(H,25,28,29)(H,26,30,32). The average Bonchev–Trinajstić information content (AvgIpc) is 3.25. The van der Waals surface area contributed by atoms with Crippen LogP contribution in [0.25, 0.3) is 0 Å². The molecule has 14 heteroatoms. The van der Waals surface area contributed by atoms with E-state index in [1.165, 1.54) is 12.5 Å². The van der Waals surface area contributed by atoms with Gasteiger partial charge >= 0.3 is 6.18 Å². The van der Waals surface area contributed by atoms with Gasteiger partial charge in [-0.05, 0) is 22.0 Å². The molecule has 0 spiro atoms. The highest BCUT2D eigenvalue weighted by molar-refractivity contribution is 9.10. The van der Waals surface area contributed by atoms with Crippen molar-refractivity contribution >= 4 is 62.2 Å². The van der Waals surface area contributed by atoms with Crippen LogP contribution in [-0.4, -0.2) is 38.7 Å². The Hall–Kier alpha value is -2.64. The Labute approximate surface area is 203 Å². The predicted molar refractivity (Wildman–Crippen MR) is 121 cm³/mol. The van der Waals surface area contributed by atoms with Crippen molar-refractivity contribution < 1.29 is 22.8 Å². The van der Waals surface area contributed by atoms with Crippen molar-refractivity contribution in [1.82, 2.24) is 19.9 Å². The quantitative estimate of drug-likeness (QED) is 0.369. The first-order valence-corrected chi connectivity index (χ1v) is 11.2. The zero-order chi connectivity index (χ0) is 24.3. The number of halogens is 5. The van der Waals surface area contributed by atoms with Gasteiger partial charge in [-0.15, -0.1) is 11.3 Å². The van der Waals surface area contributed by atoms with Crippen molar-refractivity contribution in [1.29, 1.82) is 0 Å². The number of rotatable bonds is 7. The molecule has 0 radical (unpaired) electrons. The molecule has 0 aromatic carbocycles. The summed E-state index contributed by atoms with van der Waals surface area (Å²) >= 11 is 9.87. The minimum Gasteiger partial charge on any atom is -0.372 e. The summed E-state index contributed by atoms with van der Waals surface area (Å²) in [6.07, 6.45) is -1.24. The van der Waals surface area contributed by atoms with Crippen LogP contribution in [-0.2, 0) is 6.18 Å². The lowest BCUT2D eigenvalue weighted by Gasteiger charge is -2.10. The van der Waals surface area contributed by atoms with Crippen molar-refractivity contribution in [3.63, 3.8) is 0 Å². The van der Waals surface area contributed by atoms with Crippen molar-refractivity contribution in [2.75, 3.05) is 17.7 Å². The van der Waals surface area contributed by atoms with Gasteiger partial charge in [-0.3, -0.25) is 9.59 Å². The molecule has 3 aromatic heterocycles. The Bertz CT molecular complexity index is 1210. The molecule has 0 saturated heterocycles. The van der Waals surface area contributed by atoms with Gasteiger partial charge in [0.15, 0.2) is 5.78 Å². The third-order valence-electron chi connectivity index (χ3n) is 4.35. The molecular formula is C19H15BrClF3N6O2S. The molecule has 3 rings (SSSR count). The number of aromatic nitrogens is 4. The number of hydrogen-bond donors (Lipinski definition) is 2. The van der Waals surface area contributed by atoms with Crippen LogP contribution in [0.3, 0.4) is 0 Å². The maximum Gasteiger partial charge on any atom is 0.418 e. The largest absolute Gasteiger partial charge is 0.418 e. The summed E-state index contributed by atoms with van der Waals surface area (Å²) in [5.41, 5.74) is -0.895. The van der Waals surface area contributed by atoms with Gasteiger partial charge in [0.05, 0.1) is 26.3 Å². The normalized spacial score (nSPS) is 12.3. The van der Waals surface area contributed by atoms with Crippen LogP contribution in [0.2, 0.25) is 5.02 Å². The molecule has 2 N–H and O–H groups in total. The van der Waals surface area contributed by atoms with Crippen LogP contribution in [0.5, 0.6) is 0 Å². The zero-order valence-corrected chi connectivity index (χ0v) is 20.2. The molecule has 0 fully saturated rings. The second-order valence-electron chi connectivity index (χ2n) is 6.73. The number of thiazole rings is 1. The van der Waals surface area contributed by atoms with E-state index < -0.39 is 22.7 Å². The van der Waals surface area contributed by atoms with Crippen LogP contribution in [0, 0.1) is 0 Å². The molecule has 0 aliphatic heterocycles. The predicted octanol–water partition coefficient (Wildman–Crippen LogP) is 5.43. The minimum absolute atomic E-state index is 0.0705. The number of anilines is 2. The third-order valence-corrected chi connectivity index (χ3v) is 6.63. The topological polar surface area (TPSA) is 110 Å². The van der Waals surface area contributed by atoms with E-state index in [0.29, 0.717) is 21.4 Å². The summed E-state index contributed by atoms with van der Waals surface area (Å²) in [4.78, 5) is 41.2. The first-order chi connectivity index (χ1) is 15.5. The molecule has 3 heterocycles. The monoisotopic (exact) mass is 562 g/mol. The Kier molecular flexibility index (Phi) is 7.65. The van der Waals surface area contributed by atoms with Crippen molar-refractivity contribution in [2.24, 2.45) is 0 Å². The van der Waals surface area contributed by atoms with Gasteiger partial charge in [-0.1, -0.05) is 18.5 Å². The van der Waals surface area contributed by atoms with Gasteiger partial charge in [-0.2, -0.15) is 13.2 Å². The molecule has 1 amide bonds. The molecule has 0 aliphatic carbocycles. The summed E-state index contributed by atoms with van der Waals surface area (Å²) in [5, 5.41) is 5.08. The molecule has 0 saturated carbocycles. The summed E-state index contributed by atoms with van der Waals surface area (Å²) in [5.74, 6) is -1.10. The van der Waals surface area contributed by atoms with E-state index in [2.05, 4.69) is 46.5 Å². The van der Waals surface area contributed by atoms with Crippen LogP contribution >= 0.6 is 38.9 Å². The second kappa shape index (κ2) is 10.1. The SMILES string of the molecule is CNc1ncnc(C(=O)CC(C)c2ncc(C(=O)Nc3cc(C(F)(F)F)c(Cl)cn3)s2)c1Br. The number of hydrogen-bond acceptors (Lipinski definition) is 8. The van der Waals surface area contributed by atoms with Gasteiger partial charge < -0.3 is 10.6 Å². The lowest BCUT2D eigenvalue weighted by Crippen LogP contribution is -2.13. The van der Waals surface area contributed by atoms with Crippen molar-refractivity contribution in [3.05, 3.63) is 55.4 Å². The summed E-state index contributed by atoms with van der Waals surface area (Å²) < 4.78 is 39.4. The molecule has 1 unspecified atom stereocenters. The fourth-order valence-electron chi connectivity index (χ4n) is 2.72. The average molecular weight is 564 g/mol. The highest BCUT2D eigenvalue weighted by atomic mass is 79.9. The molecule has 33 heavy (non-hydrogen) atoms. The maximum absolute atomic E-state index is 13.0. The van der Waals surface area contributed by atoms with E-state index in [1.54, 1.807) is 14.0 Å². The number of nitrogens with zero attached hydrogens (tertiary/aromatic N) is 4. The van der Waals surface area contributed by atoms with Crippen molar-refractivity contribution in [3.8, 4) is 0 Å². The minimum atomic E-state index is -4.69. The highest BCUT2D eigenvalue weighted by Crippen LogP contribution is 2.35. The van der Waals surface area contributed by atoms with Gasteiger partial charge in [0.1, 0.15) is 28.5 Å². The van der Waals surface area contributed by atoms with Crippen LogP contribution in [0.1, 0.15) is 50.0 Å². The van der Waals surface area contributed by atoms with Gasteiger partial charge in [0, 0.05) is 25.6 Å². The smallest absolute Gasteiger partial charge is 0.372 e. The van der Waals surface area contributed by atoms with Gasteiger partial charge in [0.25, 0.3) is 5.91 Å². The number of ketones is 1. The van der Waals surface area contributed by atoms with E-state index in [4.69, 9.17) is 11.6 Å². The van der Waals surface area contributed by atoms with E-state index >= 15 is 0 Å². The summed E-state index contributed by atoms with van der Waals surface area (Å²) in [6.45, 7) is 1.77. The molecule has 0 bridgehead atoms. The van der Waals surface area contributed by atoms with E-state index in [0.717, 1.165) is 17.5 Å². The van der Waals surface area contributed by atoms with E-state index in [1.807, 2.05) is 0 Å². The van der Waals surface area contributed by atoms with Gasteiger partial charge in [0.2, 0.25) is 0 Å². The lowest BCUT2D eigenvalue weighted by atomic mass is 10.0. The fraction of sp³-hybridized carbons (Fsp3) is 0.263. The number of pyridine rings is 1. The maximum atomic E-state index is 13.0. The Balaban J connectivity index is 1.70. The second-order valence-corrected chi connectivity index (χ2v) is 8.99. The number of amides is 1. The first-order valence-electron chi connectivity index (χ1n) is 9.22. The van der Waals surface area contributed by atoms with Crippen LogP contribution < -0.4 is 10.6 Å². The Morgan fingerprint density at radius 2 is 1.94 bits per heavy atom. The molecule has 0 aliphatic rings. The van der Waals surface area contributed by atoms with Gasteiger partial charge in [-0.25, -0.2) is 19.9 Å². The highest BCUT2D eigenvalue weighted by Gasteiger charge is 2.34. The zero-order valence-electron chi connectivity index (χ0n) is 17.0. The molecule has 3 aromatic rings. The Morgan fingerprint density at radius 3 is 2.61 bits per heavy atom. The van der Waals surface area contributed by atoms with E-state index in [-0.39, 0.29) is 34.5 Å². The molecular weight excluding hydrogens is 549 g/mol. The third kappa shape index (κ3) is 5.84. The molecule has 1 atom stereocenters. The Morgan fingerprint density at radius 1 is 1.21 bits per heavy atom. The van der Waals surface area contributed by atoms with Crippen LogP contribution in [0.15, 0.2) is 29.3 Å². The number of carbonyl (C=O) groups excluding carboxylic acids is 2. The first kappa shape index (κ1) is 25.0. The summed E-state index contributed by atoms with van der Waals surface area (Å²) in [6, 6.07) is 0.655. The van der Waals surface area contributed by atoms with Crippen molar-refractivity contribution in [2.45, 2.75) is 25.4 Å².